The van der Waals surface area contributed by atoms with Crippen LogP contribution in [0.15, 0.2) is 51.8 Å². The zero-order chi connectivity index (χ0) is 19.3. The number of benzene rings is 2. The van der Waals surface area contributed by atoms with Crippen LogP contribution in [0.1, 0.15) is 23.2 Å². The fraction of sp³-hybridized carbons (Fsp3) is 0.176. The van der Waals surface area contributed by atoms with E-state index in [1.54, 1.807) is 24.3 Å². The average molecular weight is 441 g/mol. The van der Waals surface area contributed by atoms with Crippen LogP contribution in [0, 0.1) is 0 Å². The molecule has 0 unspecified atom stereocenters. The molecule has 0 saturated carbocycles. The van der Waals surface area contributed by atoms with Crippen LogP contribution in [0.4, 0.5) is 5.69 Å². The first-order chi connectivity index (χ1) is 12.2. The number of anilines is 1. The van der Waals surface area contributed by atoms with Crippen molar-refractivity contribution in [2.75, 3.05) is 12.4 Å². The second-order valence-corrected chi connectivity index (χ2v) is 7.83. The van der Waals surface area contributed by atoms with Gasteiger partial charge in [0.15, 0.2) is 5.78 Å². The number of Topliss-reactive ketones (excluding diaryl/α,β-unsaturated/α-hetero) is 1. The third-order valence-electron chi connectivity index (χ3n) is 3.50. The zero-order valence-corrected chi connectivity index (χ0v) is 16.3. The molecule has 0 radical (unpaired) electrons. The Morgan fingerprint density at radius 2 is 1.77 bits per heavy atom. The Balaban J connectivity index is 2.01. The molecule has 0 saturated heterocycles. The first-order valence-corrected chi connectivity index (χ1v) is 9.84. The van der Waals surface area contributed by atoms with Gasteiger partial charge in [-0.3, -0.25) is 9.59 Å². The van der Waals surface area contributed by atoms with Crippen molar-refractivity contribution >= 4 is 43.3 Å². The van der Waals surface area contributed by atoms with Crippen LogP contribution >= 0.6 is 15.9 Å². The molecule has 3 N–H and O–H groups in total. The fourth-order valence-electron chi connectivity index (χ4n) is 2.21. The predicted molar refractivity (Wildman–Crippen MR) is 101 cm³/mol. The van der Waals surface area contributed by atoms with Gasteiger partial charge >= 0.3 is 0 Å². The third kappa shape index (κ3) is 5.38. The number of sulfonamides is 1. The molecule has 2 aromatic rings. The molecule has 0 bridgehead atoms. The van der Waals surface area contributed by atoms with E-state index in [1.165, 1.54) is 25.3 Å². The highest BCUT2D eigenvalue weighted by Gasteiger charge is 2.17. The molecule has 0 atom stereocenters. The summed E-state index contributed by atoms with van der Waals surface area (Å²) in [5.74, 6) is -0.496. The number of hydrogen-bond acceptors (Lipinski definition) is 5. The molecule has 7 nitrogen and oxygen atoms in total. The number of ether oxygens (including phenoxy) is 1. The zero-order valence-electron chi connectivity index (χ0n) is 13.9. The van der Waals surface area contributed by atoms with E-state index >= 15 is 0 Å². The van der Waals surface area contributed by atoms with Crippen molar-refractivity contribution in [3.63, 3.8) is 0 Å². The number of methoxy groups -OCH3 is 1. The Kier molecular flexibility index (Phi) is 6.52. The van der Waals surface area contributed by atoms with Gasteiger partial charge in [0.2, 0.25) is 15.9 Å². The van der Waals surface area contributed by atoms with Crippen molar-refractivity contribution in [1.29, 1.82) is 0 Å². The van der Waals surface area contributed by atoms with Crippen molar-refractivity contribution in [2.24, 2.45) is 5.14 Å². The van der Waals surface area contributed by atoms with E-state index in [1.807, 2.05) is 0 Å². The molecule has 0 aromatic heterocycles. The van der Waals surface area contributed by atoms with E-state index in [-0.39, 0.29) is 35.0 Å². The summed E-state index contributed by atoms with van der Waals surface area (Å²) in [6.07, 6.45) is -0.00268. The van der Waals surface area contributed by atoms with Crippen LogP contribution in [0.5, 0.6) is 5.75 Å². The highest BCUT2D eigenvalue weighted by atomic mass is 79.9. The Labute approximate surface area is 159 Å². The summed E-state index contributed by atoms with van der Waals surface area (Å²) in [6, 6.07) is 10.9. The summed E-state index contributed by atoms with van der Waals surface area (Å²) >= 11 is 3.29. The lowest BCUT2D eigenvalue weighted by molar-refractivity contribution is -0.116. The Morgan fingerprint density at radius 1 is 1.12 bits per heavy atom. The molecule has 138 valence electrons. The standard InChI is InChI=1S/C17H17BrN2O5S/c1-25-15-8-6-13(10-16(15)26(19,23)24)20-17(22)9-7-14(21)11-2-4-12(18)5-3-11/h2-6,8,10H,7,9H2,1H3,(H,20,22)(H2,19,23,24). The smallest absolute Gasteiger partial charge is 0.241 e. The van der Waals surface area contributed by atoms with Gasteiger partial charge in [-0.15, -0.1) is 0 Å². The minimum absolute atomic E-state index is 0.0334. The normalized spacial score (nSPS) is 11.0. The van der Waals surface area contributed by atoms with Crippen molar-refractivity contribution in [1.82, 2.24) is 0 Å². The molecule has 0 spiro atoms. The maximum Gasteiger partial charge on any atom is 0.241 e. The first-order valence-electron chi connectivity index (χ1n) is 7.50. The van der Waals surface area contributed by atoms with E-state index in [0.29, 0.717) is 5.56 Å². The molecule has 1 amide bonds. The quantitative estimate of drug-likeness (QED) is 0.641. The van der Waals surface area contributed by atoms with E-state index in [2.05, 4.69) is 21.2 Å². The maximum atomic E-state index is 12.1. The van der Waals surface area contributed by atoms with Crippen LogP contribution in [0.2, 0.25) is 0 Å². The molecule has 0 aliphatic rings. The molecular formula is C17H17BrN2O5S. The van der Waals surface area contributed by atoms with Gasteiger partial charge in [-0.05, 0) is 30.3 Å². The Morgan fingerprint density at radius 3 is 2.35 bits per heavy atom. The molecule has 2 aromatic carbocycles. The van der Waals surface area contributed by atoms with E-state index in [4.69, 9.17) is 9.88 Å². The molecular weight excluding hydrogens is 424 g/mol. The number of carbonyl (C=O) groups is 2. The van der Waals surface area contributed by atoms with Crippen molar-refractivity contribution in [3.05, 3.63) is 52.5 Å². The van der Waals surface area contributed by atoms with Gasteiger partial charge in [0.1, 0.15) is 10.6 Å². The van der Waals surface area contributed by atoms with Crippen LogP contribution in [-0.2, 0) is 14.8 Å². The van der Waals surface area contributed by atoms with E-state index in [9.17, 15) is 18.0 Å². The van der Waals surface area contributed by atoms with Gasteiger partial charge in [0.05, 0.1) is 7.11 Å². The number of nitrogens with two attached hydrogens (primary N) is 1. The first kappa shape index (κ1) is 20.1. The Bertz CT molecular complexity index is 927. The molecule has 2 rings (SSSR count). The average Bonchev–Trinajstić information content (AvgIpc) is 2.59. The second-order valence-electron chi connectivity index (χ2n) is 5.39. The largest absolute Gasteiger partial charge is 0.495 e. The molecule has 26 heavy (non-hydrogen) atoms. The van der Waals surface area contributed by atoms with Gasteiger partial charge < -0.3 is 10.1 Å². The topological polar surface area (TPSA) is 116 Å². The molecule has 0 aliphatic heterocycles. The van der Waals surface area contributed by atoms with E-state index < -0.39 is 15.9 Å². The number of amides is 1. The van der Waals surface area contributed by atoms with Gasteiger partial charge in [-0.25, -0.2) is 13.6 Å². The number of halogens is 1. The highest BCUT2D eigenvalue weighted by Crippen LogP contribution is 2.26. The van der Waals surface area contributed by atoms with Crippen molar-refractivity contribution < 1.29 is 22.7 Å². The summed E-state index contributed by atoms with van der Waals surface area (Å²) in [7, 11) is -2.69. The minimum Gasteiger partial charge on any atom is -0.495 e. The predicted octanol–water partition coefficient (Wildman–Crippen LogP) is 2.71. The SMILES string of the molecule is COc1ccc(NC(=O)CCC(=O)c2ccc(Br)cc2)cc1S(N)(=O)=O. The lowest BCUT2D eigenvalue weighted by Crippen LogP contribution is -2.16. The molecule has 0 fully saturated rings. The fourth-order valence-corrected chi connectivity index (χ4v) is 3.19. The lowest BCUT2D eigenvalue weighted by Gasteiger charge is -2.10. The van der Waals surface area contributed by atoms with Crippen LogP contribution in [0.25, 0.3) is 0 Å². The van der Waals surface area contributed by atoms with Gasteiger partial charge in [-0.2, -0.15) is 0 Å². The highest BCUT2D eigenvalue weighted by molar-refractivity contribution is 9.10. The third-order valence-corrected chi connectivity index (χ3v) is 4.96. The number of carbonyl (C=O) groups excluding carboxylic acids is 2. The summed E-state index contributed by atoms with van der Waals surface area (Å²) in [5.41, 5.74) is 0.762. The van der Waals surface area contributed by atoms with Crippen molar-refractivity contribution in [2.45, 2.75) is 17.7 Å². The number of hydrogen-bond donors (Lipinski definition) is 2. The summed E-state index contributed by atoms with van der Waals surface area (Å²) in [6.45, 7) is 0. The molecule has 0 heterocycles. The number of ketones is 1. The number of rotatable bonds is 7. The lowest BCUT2D eigenvalue weighted by atomic mass is 10.1. The Hall–Kier alpha value is -2.23. The van der Waals surface area contributed by atoms with E-state index in [0.717, 1.165) is 4.47 Å². The molecule has 9 heteroatoms. The number of primary sulfonamides is 1. The summed E-state index contributed by atoms with van der Waals surface area (Å²) in [4.78, 5) is 23.9. The van der Waals surface area contributed by atoms with Gasteiger partial charge in [0, 0.05) is 28.6 Å². The van der Waals surface area contributed by atoms with Crippen LogP contribution in [-0.4, -0.2) is 27.2 Å². The summed E-state index contributed by atoms with van der Waals surface area (Å²) < 4.78 is 29.0. The summed E-state index contributed by atoms with van der Waals surface area (Å²) in [5, 5.41) is 7.69. The monoisotopic (exact) mass is 440 g/mol. The van der Waals surface area contributed by atoms with Crippen molar-refractivity contribution in [3.8, 4) is 5.75 Å². The van der Waals surface area contributed by atoms with Gasteiger partial charge in [-0.1, -0.05) is 28.1 Å². The number of nitrogens with one attached hydrogen (secondary N) is 1. The maximum absolute atomic E-state index is 12.1. The minimum atomic E-state index is -4.00. The van der Waals surface area contributed by atoms with Gasteiger partial charge in [0.25, 0.3) is 0 Å². The second kappa shape index (κ2) is 8.43. The molecule has 0 aliphatic carbocycles. The van der Waals surface area contributed by atoms with Crippen LogP contribution < -0.4 is 15.2 Å². The van der Waals surface area contributed by atoms with Crippen LogP contribution in [0.3, 0.4) is 0 Å².